The van der Waals surface area contributed by atoms with Crippen molar-refractivity contribution >= 4 is 46.1 Å². The minimum absolute atomic E-state index is 0.0560. The smallest absolute Gasteiger partial charge is 0.413 e. The highest BCUT2D eigenvalue weighted by atomic mass is 32.1. The molecule has 1 fully saturated rings. The Balaban J connectivity index is 1.39. The fourth-order valence-corrected chi connectivity index (χ4v) is 6.62. The van der Waals surface area contributed by atoms with E-state index < -0.39 is 22.8 Å². The predicted molar refractivity (Wildman–Crippen MR) is 171 cm³/mol. The fraction of sp³-hybridized carbons (Fsp3) is 0.469. The van der Waals surface area contributed by atoms with E-state index in [1.165, 1.54) is 17.7 Å². The Bertz CT molecular complexity index is 1570. The van der Waals surface area contributed by atoms with Crippen molar-refractivity contribution in [1.29, 1.82) is 0 Å². The molecule has 0 aliphatic carbocycles. The normalized spacial score (nSPS) is 15.9. The van der Waals surface area contributed by atoms with Crippen LogP contribution in [0.3, 0.4) is 0 Å². The van der Waals surface area contributed by atoms with Gasteiger partial charge in [-0.3, -0.25) is 10.1 Å². The molecule has 0 bridgehead atoms. The summed E-state index contributed by atoms with van der Waals surface area (Å²) in [6, 6.07) is 11.3. The van der Waals surface area contributed by atoms with E-state index >= 15 is 0 Å². The first-order valence-corrected chi connectivity index (χ1v) is 15.6. The van der Waals surface area contributed by atoms with Gasteiger partial charge >= 0.3 is 12.2 Å². The summed E-state index contributed by atoms with van der Waals surface area (Å²) in [7, 11) is 1.62. The van der Waals surface area contributed by atoms with Crippen LogP contribution in [0, 0.1) is 0 Å². The average molecular weight is 637 g/mol. The fourth-order valence-electron chi connectivity index (χ4n) is 5.51. The molecule has 3 amide bonds. The molecular weight excluding hydrogens is 596 g/mol. The van der Waals surface area contributed by atoms with Crippen molar-refractivity contribution in [2.45, 2.75) is 77.7 Å². The lowest BCUT2D eigenvalue weighted by Crippen LogP contribution is -2.53. The molecule has 0 atom stereocenters. The second-order valence-electron chi connectivity index (χ2n) is 13.1. The zero-order valence-corrected chi connectivity index (χ0v) is 27.5. The molecule has 13 heteroatoms. The summed E-state index contributed by atoms with van der Waals surface area (Å²) < 4.78 is 16.3. The average Bonchev–Trinajstić information content (AvgIpc) is 3.45. The topological polar surface area (TPSA) is 135 Å². The SMILES string of the molecule is COc1ccc(CN2C(=O)c3sc(Nc4cc(NC(=O)OC(C)(C)C)ncn4)cc3C23CCN(C(=O)OC(C)(C)C)CC3)cc1. The molecular formula is C32H40N6O6S. The van der Waals surface area contributed by atoms with Crippen LogP contribution in [-0.2, 0) is 21.6 Å². The Hall–Kier alpha value is -4.39. The highest BCUT2D eigenvalue weighted by Gasteiger charge is 2.53. The van der Waals surface area contributed by atoms with E-state index in [4.69, 9.17) is 14.2 Å². The second-order valence-corrected chi connectivity index (χ2v) is 14.2. The maximum Gasteiger partial charge on any atom is 0.413 e. The first kappa shape index (κ1) is 32.0. The zero-order valence-electron chi connectivity index (χ0n) is 26.7. The van der Waals surface area contributed by atoms with Gasteiger partial charge in [-0.25, -0.2) is 19.6 Å². The van der Waals surface area contributed by atoms with E-state index in [9.17, 15) is 14.4 Å². The van der Waals surface area contributed by atoms with Crippen LogP contribution in [0.5, 0.6) is 5.75 Å². The van der Waals surface area contributed by atoms with Gasteiger partial charge in [-0.15, -0.1) is 11.3 Å². The van der Waals surface area contributed by atoms with Crippen LogP contribution in [0.2, 0.25) is 0 Å². The van der Waals surface area contributed by atoms with E-state index in [1.54, 1.807) is 38.8 Å². The maximum absolute atomic E-state index is 14.0. The molecule has 240 valence electrons. The summed E-state index contributed by atoms with van der Waals surface area (Å²) >= 11 is 1.36. The molecule has 0 radical (unpaired) electrons. The Kier molecular flexibility index (Phi) is 8.67. The van der Waals surface area contributed by atoms with Gasteiger partial charge in [0, 0.05) is 31.3 Å². The molecule has 2 aliphatic heterocycles. The van der Waals surface area contributed by atoms with E-state index in [0.717, 1.165) is 21.9 Å². The zero-order chi connectivity index (χ0) is 32.6. The van der Waals surface area contributed by atoms with Gasteiger partial charge in [0.1, 0.15) is 34.9 Å². The van der Waals surface area contributed by atoms with Crippen LogP contribution in [0.15, 0.2) is 42.7 Å². The number of rotatable bonds is 6. The number of carbonyl (C=O) groups excluding carboxylic acids is 3. The number of nitrogens with zero attached hydrogens (tertiary/aromatic N) is 4. The van der Waals surface area contributed by atoms with Gasteiger partial charge in [0.25, 0.3) is 5.91 Å². The summed E-state index contributed by atoms with van der Waals surface area (Å²) in [5, 5.41) is 6.62. The minimum atomic E-state index is -0.650. The van der Waals surface area contributed by atoms with Gasteiger partial charge in [0.2, 0.25) is 0 Å². The van der Waals surface area contributed by atoms with Gasteiger partial charge in [-0.05, 0) is 78.1 Å². The van der Waals surface area contributed by atoms with Crippen LogP contribution < -0.4 is 15.4 Å². The largest absolute Gasteiger partial charge is 0.497 e. The third-order valence-corrected chi connectivity index (χ3v) is 8.52. The molecule has 12 nitrogen and oxygen atoms in total. The van der Waals surface area contributed by atoms with Gasteiger partial charge in [0.15, 0.2) is 0 Å². The third kappa shape index (κ3) is 7.30. The number of nitrogens with one attached hydrogen (secondary N) is 2. The van der Waals surface area contributed by atoms with Crippen molar-refractivity contribution in [3.63, 3.8) is 0 Å². The number of anilines is 3. The highest BCUT2D eigenvalue weighted by molar-refractivity contribution is 7.18. The number of benzene rings is 1. The molecule has 1 saturated heterocycles. The van der Waals surface area contributed by atoms with Crippen molar-refractivity contribution in [3.8, 4) is 5.75 Å². The molecule has 1 spiro atoms. The van der Waals surface area contributed by atoms with Crippen molar-refractivity contribution in [2.75, 3.05) is 30.8 Å². The van der Waals surface area contributed by atoms with Crippen molar-refractivity contribution in [2.24, 2.45) is 0 Å². The van der Waals surface area contributed by atoms with Gasteiger partial charge in [0.05, 0.1) is 22.5 Å². The van der Waals surface area contributed by atoms with E-state index in [-0.39, 0.29) is 17.8 Å². The number of fused-ring (bicyclic) bond motifs is 2. The molecule has 45 heavy (non-hydrogen) atoms. The molecule has 1 aromatic carbocycles. The highest BCUT2D eigenvalue weighted by Crippen LogP contribution is 2.51. The minimum Gasteiger partial charge on any atom is -0.497 e. The summed E-state index contributed by atoms with van der Waals surface area (Å²) in [6.45, 7) is 12.2. The number of methoxy groups -OCH3 is 1. The first-order valence-electron chi connectivity index (χ1n) is 14.8. The molecule has 0 unspecified atom stereocenters. The van der Waals surface area contributed by atoms with Gasteiger partial charge in [-0.2, -0.15) is 0 Å². The standard InChI is InChI=1S/C32H40N6O6S/c1-30(2,3)43-28(40)36-24-17-23(33-19-34-24)35-25-16-22-26(45-25)27(39)38(18-20-8-10-21(42-7)11-9-20)32(22)12-14-37(15-13-32)29(41)44-31(4,5)6/h8-11,16-17,19H,12-15,18H2,1-7H3,(H2,33,34,35,36,40). The Labute approximate surface area is 267 Å². The predicted octanol–water partition coefficient (Wildman–Crippen LogP) is 6.52. The lowest BCUT2D eigenvalue weighted by molar-refractivity contribution is -0.00222. The summed E-state index contributed by atoms with van der Waals surface area (Å²) in [6.07, 6.45) is 1.50. The van der Waals surface area contributed by atoms with Crippen LogP contribution in [0.1, 0.15) is 75.2 Å². The Morgan fingerprint density at radius 3 is 2.22 bits per heavy atom. The summed E-state index contributed by atoms with van der Waals surface area (Å²) in [5.41, 5.74) is 0.0651. The molecule has 5 rings (SSSR count). The quantitative estimate of drug-likeness (QED) is 0.310. The van der Waals surface area contributed by atoms with Gasteiger partial charge in [-0.1, -0.05) is 12.1 Å². The lowest BCUT2D eigenvalue weighted by atomic mass is 9.82. The van der Waals surface area contributed by atoms with Gasteiger partial charge < -0.3 is 29.3 Å². The summed E-state index contributed by atoms with van der Waals surface area (Å²) in [5.74, 6) is 1.42. The molecule has 2 aliphatic rings. The number of ether oxygens (including phenoxy) is 3. The van der Waals surface area contributed by atoms with Crippen LogP contribution in [0.25, 0.3) is 0 Å². The molecule has 2 aromatic heterocycles. The Morgan fingerprint density at radius 1 is 0.956 bits per heavy atom. The molecule has 0 saturated carbocycles. The second kappa shape index (κ2) is 12.2. The van der Waals surface area contributed by atoms with Crippen LogP contribution in [-0.4, -0.2) is 69.3 Å². The molecule has 3 aromatic rings. The lowest BCUT2D eigenvalue weighted by Gasteiger charge is -2.45. The van der Waals surface area contributed by atoms with Crippen molar-refractivity contribution in [1.82, 2.24) is 19.8 Å². The number of hydrogen-bond donors (Lipinski definition) is 2. The van der Waals surface area contributed by atoms with E-state index in [2.05, 4.69) is 20.6 Å². The number of aromatic nitrogens is 2. The van der Waals surface area contributed by atoms with Crippen LogP contribution in [0.4, 0.5) is 26.2 Å². The number of likely N-dealkylation sites (tertiary alicyclic amines) is 1. The van der Waals surface area contributed by atoms with Crippen molar-refractivity contribution < 1.29 is 28.6 Å². The Morgan fingerprint density at radius 2 is 1.60 bits per heavy atom. The van der Waals surface area contributed by atoms with Crippen molar-refractivity contribution in [3.05, 3.63) is 58.7 Å². The number of carbonyl (C=O) groups is 3. The first-order chi connectivity index (χ1) is 21.2. The van der Waals surface area contributed by atoms with E-state index in [1.807, 2.05) is 56.0 Å². The number of thiophene rings is 1. The van der Waals surface area contributed by atoms with Crippen LogP contribution >= 0.6 is 11.3 Å². The molecule has 4 heterocycles. The van der Waals surface area contributed by atoms with E-state index in [0.29, 0.717) is 43.2 Å². The maximum atomic E-state index is 14.0. The number of amides is 3. The number of piperidine rings is 1. The summed E-state index contributed by atoms with van der Waals surface area (Å²) in [4.78, 5) is 51.9. The number of hydrogen-bond acceptors (Lipinski definition) is 10. The monoisotopic (exact) mass is 636 g/mol. The third-order valence-electron chi connectivity index (χ3n) is 7.48. The molecule has 2 N–H and O–H groups in total.